The second-order valence-corrected chi connectivity index (χ2v) is 3.50. The van der Waals surface area contributed by atoms with Crippen LogP contribution >= 0.6 is 0 Å². The average molecular weight is 203 g/mol. The summed E-state index contributed by atoms with van der Waals surface area (Å²) in [6, 6.07) is 10.0. The molecule has 0 saturated heterocycles. The quantitative estimate of drug-likeness (QED) is 0.819. The van der Waals surface area contributed by atoms with E-state index in [0.717, 1.165) is 0 Å². The molecule has 0 aliphatic rings. The molecule has 0 amide bonds. The van der Waals surface area contributed by atoms with E-state index in [1.165, 1.54) is 5.56 Å². The minimum absolute atomic E-state index is 0.561. The van der Waals surface area contributed by atoms with Gasteiger partial charge in [0.25, 0.3) is 0 Å². The highest BCUT2D eigenvalue weighted by molar-refractivity contribution is 5.14. The van der Waals surface area contributed by atoms with Crippen LogP contribution in [0.4, 0.5) is 0 Å². The highest BCUT2D eigenvalue weighted by Gasteiger charge is 2.05. The van der Waals surface area contributed by atoms with Crippen molar-refractivity contribution in [1.29, 1.82) is 0 Å². The Labute approximate surface area is 88.2 Å². The number of aromatic nitrogens is 3. The third-order valence-electron chi connectivity index (χ3n) is 2.17. The maximum absolute atomic E-state index is 9.29. The van der Waals surface area contributed by atoms with Gasteiger partial charge in [-0.2, -0.15) is 0 Å². The molecular formula is C11H13N3O. The zero-order chi connectivity index (χ0) is 10.7. The third-order valence-corrected chi connectivity index (χ3v) is 2.17. The minimum atomic E-state index is -0.561. The fraction of sp³-hybridized carbons (Fsp3) is 0.273. The molecule has 1 aromatic heterocycles. The fourth-order valence-electron chi connectivity index (χ4n) is 1.35. The van der Waals surface area contributed by atoms with E-state index >= 15 is 0 Å². The molecule has 0 radical (unpaired) electrons. The fourth-order valence-corrected chi connectivity index (χ4v) is 1.35. The predicted octanol–water partition coefficient (Wildman–Crippen LogP) is 1.38. The van der Waals surface area contributed by atoms with Crippen molar-refractivity contribution in [2.75, 3.05) is 0 Å². The van der Waals surface area contributed by atoms with Crippen molar-refractivity contribution >= 4 is 0 Å². The van der Waals surface area contributed by atoms with E-state index in [-0.39, 0.29) is 0 Å². The topological polar surface area (TPSA) is 50.9 Å². The monoisotopic (exact) mass is 203 g/mol. The molecule has 0 fully saturated rings. The summed E-state index contributed by atoms with van der Waals surface area (Å²) in [4.78, 5) is 0. The van der Waals surface area contributed by atoms with Crippen LogP contribution in [-0.4, -0.2) is 20.1 Å². The summed E-state index contributed by atoms with van der Waals surface area (Å²) in [7, 11) is 0. The highest BCUT2D eigenvalue weighted by atomic mass is 16.3. The maximum atomic E-state index is 9.29. The van der Waals surface area contributed by atoms with Crippen LogP contribution in [0.15, 0.2) is 36.5 Å². The smallest absolute Gasteiger partial charge is 0.111 e. The normalized spacial score (nSPS) is 12.7. The van der Waals surface area contributed by atoms with Crippen LogP contribution in [-0.2, 0) is 6.54 Å². The van der Waals surface area contributed by atoms with E-state index in [2.05, 4.69) is 10.3 Å². The first-order valence-corrected chi connectivity index (χ1v) is 4.88. The number of aliphatic hydroxyl groups excluding tert-OH is 1. The van der Waals surface area contributed by atoms with Crippen molar-refractivity contribution in [2.45, 2.75) is 19.6 Å². The van der Waals surface area contributed by atoms with E-state index in [1.54, 1.807) is 17.8 Å². The lowest BCUT2D eigenvalue weighted by molar-refractivity contribution is 0.194. The van der Waals surface area contributed by atoms with Gasteiger partial charge in [-0.15, -0.1) is 5.10 Å². The molecule has 0 aliphatic carbocycles. The van der Waals surface area contributed by atoms with E-state index in [0.29, 0.717) is 12.2 Å². The Balaban J connectivity index is 2.12. The number of hydrogen-bond donors (Lipinski definition) is 1. The van der Waals surface area contributed by atoms with Crippen molar-refractivity contribution < 1.29 is 5.11 Å². The van der Waals surface area contributed by atoms with Crippen LogP contribution in [0.5, 0.6) is 0 Å². The van der Waals surface area contributed by atoms with Crippen molar-refractivity contribution in [3.8, 4) is 0 Å². The van der Waals surface area contributed by atoms with Gasteiger partial charge < -0.3 is 5.11 Å². The molecule has 78 valence electrons. The van der Waals surface area contributed by atoms with Gasteiger partial charge in [0.15, 0.2) is 0 Å². The van der Waals surface area contributed by atoms with Gasteiger partial charge in [-0.1, -0.05) is 35.5 Å². The molecule has 0 bridgehead atoms. The van der Waals surface area contributed by atoms with Crippen LogP contribution in [0.3, 0.4) is 0 Å². The summed E-state index contributed by atoms with van der Waals surface area (Å²) >= 11 is 0. The van der Waals surface area contributed by atoms with Crippen LogP contribution < -0.4 is 0 Å². The lowest BCUT2D eigenvalue weighted by Crippen LogP contribution is -1.99. The van der Waals surface area contributed by atoms with E-state index in [9.17, 15) is 5.11 Å². The van der Waals surface area contributed by atoms with E-state index in [1.807, 2.05) is 30.3 Å². The molecule has 4 heteroatoms. The largest absolute Gasteiger partial charge is 0.387 e. The predicted molar refractivity (Wildman–Crippen MR) is 56.2 cm³/mol. The molecule has 0 saturated carbocycles. The van der Waals surface area contributed by atoms with Crippen molar-refractivity contribution in [3.63, 3.8) is 0 Å². The number of nitrogens with zero attached hydrogens (tertiary/aromatic N) is 3. The Morgan fingerprint density at radius 2 is 2.07 bits per heavy atom. The van der Waals surface area contributed by atoms with Crippen LogP contribution in [0.2, 0.25) is 0 Å². The zero-order valence-corrected chi connectivity index (χ0v) is 8.54. The SMILES string of the molecule is C[C@@H](O)c1cn(Cc2ccccc2)nn1. The molecule has 0 aliphatic heterocycles. The molecule has 2 aromatic rings. The zero-order valence-electron chi connectivity index (χ0n) is 8.54. The Hall–Kier alpha value is -1.68. The highest BCUT2D eigenvalue weighted by Crippen LogP contribution is 2.08. The van der Waals surface area contributed by atoms with Crippen molar-refractivity contribution in [2.24, 2.45) is 0 Å². The Morgan fingerprint density at radius 1 is 1.33 bits per heavy atom. The summed E-state index contributed by atoms with van der Waals surface area (Å²) in [5.41, 5.74) is 1.77. The van der Waals surface area contributed by atoms with E-state index in [4.69, 9.17) is 0 Å². The second-order valence-electron chi connectivity index (χ2n) is 3.50. The molecule has 15 heavy (non-hydrogen) atoms. The Kier molecular flexibility index (Phi) is 2.78. The number of rotatable bonds is 3. The Bertz CT molecular complexity index is 422. The van der Waals surface area contributed by atoms with Gasteiger partial charge >= 0.3 is 0 Å². The summed E-state index contributed by atoms with van der Waals surface area (Å²) in [5, 5.41) is 17.1. The molecule has 2 rings (SSSR count). The molecular weight excluding hydrogens is 190 g/mol. The Morgan fingerprint density at radius 3 is 2.67 bits per heavy atom. The van der Waals surface area contributed by atoms with Gasteiger partial charge in [-0.25, -0.2) is 4.68 Å². The molecule has 0 spiro atoms. The standard InChI is InChI=1S/C11H13N3O/c1-9(15)11-8-14(13-12-11)7-10-5-3-2-4-6-10/h2-6,8-9,15H,7H2,1H3/t9-/m1/s1. The van der Waals surface area contributed by atoms with Crippen LogP contribution in [0, 0.1) is 0 Å². The van der Waals surface area contributed by atoms with Crippen molar-refractivity contribution in [1.82, 2.24) is 15.0 Å². The van der Waals surface area contributed by atoms with Crippen LogP contribution in [0.25, 0.3) is 0 Å². The lowest BCUT2D eigenvalue weighted by atomic mass is 10.2. The summed E-state index contributed by atoms with van der Waals surface area (Å²) in [6.45, 7) is 2.36. The first-order chi connectivity index (χ1) is 7.25. The summed E-state index contributed by atoms with van der Waals surface area (Å²) in [6.07, 6.45) is 1.20. The second kappa shape index (κ2) is 4.23. The van der Waals surface area contributed by atoms with Gasteiger partial charge in [0, 0.05) is 0 Å². The number of benzene rings is 1. The summed E-state index contributed by atoms with van der Waals surface area (Å²) in [5.74, 6) is 0. The summed E-state index contributed by atoms with van der Waals surface area (Å²) < 4.78 is 1.72. The number of aliphatic hydroxyl groups is 1. The van der Waals surface area contributed by atoms with Crippen LogP contribution in [0.1, 0.15) is 24.3 Å². The molecule has 4 nitrogen and oxygen atoms in total. The lowest BCUT2D eigenvalue weighted by Gasteiger charge is -1.99. The average Bonchev–Trinajstić information content (AvgIpc) is 2.68. The maximum Gasteiger partial charge on any atom is 0.111 e. The first-order valence-electron chi connectivity index (χ1n) is 4.88. The molecule has 1 atom stereocenters. The number of hydrogen-bond acceptors (Lipinski definition) is 3. The molecule has 1 aromatic carbocycles. The van der Waals surface area contributed by atoms with Gasteiger partial charge in [0.1, 0.15) is 5.69 Å². The van der Waals surface area contributed by atoms with Crippen molar-refractivity contribution in [3.05, 3.63) is 47.8 Å². The van der Waals surface area contributed by atoms with Gasteiger partial charge in [0.05, 0.1) is 18.8 Å². The molecule has 1 N–H and O–H groups in total. The van der Waals surface area contributed by atoms with Gasteiger partial charge in [0.2, 0.25) is 0 Å². The van der Waals surface area contributed by atoms with E-state index < -0.39 is 6.10 Å². The minimum Gasteiger partial charge on any atom is -0.387 e. The first kappa shape index (κ1) is 9.86. The molecule has 1 heterocycles. The van der Waals surface area contributed by atoms with Gasteiger partial charge in [-0.3, -0.25) is 0 Å². The van der Waals surface area contributed by atoms with Gasteiger partial charge in [-0.05, 0) is 12.5 Å². The third kappa shape index (κ3) is 2.41. The molecule has 0 unspecified atom stereocenters.